The first-order valence-corrected chi connectivity index (χ1v) is 9.62. The molecule has 0 unspecified atom stereocenters. The molecule has 2 aliphatic rings. The molecule has 25 heavy (non-hydrogen) atoms. The minimum atomic E-state index is 0.354. The van der Waals surface area contributed by atoms with Crippen LogP contribution in [0.15, 0.2) is 42.7 Å². The van der Waals surface area contributed by atoms with Gasteiger partial charge in [0.2, 0.25) is 5.91 Å². The Morgan fingerprint density at radius 3 is 2.76 bits per heavy atom. The molecule has 1 aliphatic heterocycles. The normalized spacial score (nSPS) is 20.6. The van der Waals surface area contributed by atoms with E-state index in [4.69, 9.17) is 0 Å². The second kappa shape index (κ2) is 7.42. The van der Waals surface area contributed by atoms with E-state index in [1.165, 1.54) is 17.5 Å². The van der Waals surface area contributed by atoms with E-state index in [9.17, 15) is 4.79 Å². The van der Waals surface area contributed by atoms with E-state index in [1.807, 2.05) is 23.1 Å². The van der Waals surface area contributed by atoms with Crippen LogP contribution < -0.4 is 0 Å². The maximum atomic E-state index is 12.7. The van der Waals surface area contributed by atoms with E-state index in [0.29, 0.717) is 18.2 Å². The van der Waals surface area contributed by atoms with E-state index in [-0.39, 0.29) is 0 Å². The number of fused-ring (bicyclic) bond motifs is 1. The van der Waals surface area contributed by atoms with Crippen molar-refractivity contribution in [1.29, 1.82) is 0 Å². The molecular formula is C21H27N3O. The molecule has 4 heteroatoms. The molecule has 2 heterocycles. The number of aryl methyl sites for hydroxylation is 2. The van der Waals surface area contributed by atoms with Crippen molar-refractivity contribution >= 4 is 5.91 Å². The van der Waals surface area contributed by atoms with Crippen LogP contribution in [0.3, 0.4) is 0 Å². The number of likely N-dealkylation sites (tertiary alicyclic amines) is 1. The van der Waals surface area contributed by atoms with Crippen LogP contribution in [-0.4, -0.2) is 33.7 Å². The van der Waals surface area contributed by atoms with Crippen molar-refractivity contribution in [1.82, 2.24) is 14.7 Å². The van der Waals surface area contributed by atoms with Gasteiger partial charge >= 0.3 is 0 Å². The zero-order valence-corrected chi connectivity index (χ0v) is 14.8. The number of nitrogens with zero attached hydrogens (tertiary/aromatic N) is 3. The van der Waals surface area contributed by atoms with Crippen LogP contribution in [0, 0.1) is 5.92 Å². The molecule has 132 valence electrons. The molecule has 4 nitrogen and oxygen atoms in total. The number of carbonyl (C=O) groups is 1. The van der Waals surface area contributed by atoms with Gasteiger partial charge in [0.05, 0.1) is 0 Å². The van der Waals surface area contributed by atoms with Gasteiger partial charge in [-0.15, -0.1) is 0 Å². The third kappa shape index (κ3) is 3.78. The van der Waals surface area contributed by atoms with Crippen molar-refractivity contribution in [2.75, 3.05) is 13.1 Å². The van der Waals surface area contributed by atoms with Crippen molar-refractivity contribution < 1.29 is 4.79 Å². The number of aromatic nitrogens is 2. The molecule has 0 bridgehead atoms. The van der Waals surface area contributed by atoms with E-state index in [0.717, 1.165) is 51.2 Å². The van der Waals surface area contributed by atoms with Crippen molar-refractivity contribution in [2.24, 2.45) is 5.92 Å². The highest BCUT2D eigenvalue weighted by Gasteiger charge is 2.28. The number of hydrogen-bond donors (Lipinski definition) is 0. The fourth-order valence-corrected chi connectivity index (χ4v) is 4.42. The van der Waals surface area contributed by atoms with E-state index in [2.05, 4.69) is 34.3 Å². The van der Waals surface area contributed by atoms with Crippen LogP contribution >= 0.6 is 0 Å². The average molecular weight is 337 g/mol. The summed E-state index contributed by atoms with van der Waals surface area (Å²) in [4.78, 5) is 14.8. The lowest BCUT2D eigenvalue weighted by atomic mass is 9.92. The number of benzene rings is 1. The van der Waals surface area contributed by atoms with Crippen molar-refractivity contribution in [3.05, 3.63) is 53.9 Å². The molecule has 1 aromatic heterocycles. The summed E-state index contributed by atoms with van der Waals surface area (Å²) in [6, 6.07) is 10.6. The number of carbonyl (C=O) groups excluding carboxylic acids is 1. The Morgan fingerprint density at radius 2 is 1.96 bits per heavy atom. The third-order valence-electron chi connectivity index (χ3n) is 5.97. The molecule has 1 atom stereocenters. The molecule has 2 aromatic rings. The average Bonchev–Trinajstić information content (AvgIpc) is 3.31. The highest BCUT2D eigenvalue weighted by molar-refractivity contribution is 5.77. The minimum Gasteiger partial charge on any atom is -0.343 e. The zero-order chi connectivity index (χ0) is 17.1. The van der Waals surface area contributed by atoms with Crippen LogP contribution in [0.4, 0.5) is 0 Å². The van der Waals surface area contributed by atoms with Crippen molar-refractivity contribution in [2.45, 2.75) is 51.0 Å². The summed E-state index contributed by atoms with van der Waals surface area (Å²) in [5, 5.41) is 4.27. The molecule has 0 radical (unpaired) electrons. The van der Waals surface area contributed by atoms with Gasteiger partial charge in [-0.1, -0.05) is 24.3 Å². The van der Waals surface area contributed by atoms with Crippen molar-refractivity contribution in [3.8, 4) is 0 Å². The molecule has 4 rings (SSSR count). The molecule has 0 saturated carbocycles. The van der Waals surface area contributed by atoms with Gasteiger partial charge < -0.3 is 4.90 Å². The molecular weight excluding hydrogens is 310 g/mol. The zero-order valence-electron chi connectivity index (χ0n) is 14.8. The first-order chi connectivity index (χ1) is 12.3. The summed E-state index contributed by atoms with van der Waals surface area (Å²) >= 11 is 0. The third-order valence-corrected chi connectivity index (χ3v) is 5.97. The molecule has 1 amide bonds. The first-order valence-electron chi connectivity index (χ1n) is 9.62. The highest BCUT2D eigenvalue weighted by Crippen LogP contribution is 2.36. The second-order valence-corrected chi connectivity index (χ2v) is 7.52. The largest absolute Gasteiger partial charge is 0.343 e. The summed E-state index contributed by atoms with van der Waals surface area (Å²) in [7, 11) is 0. The van der Waals surface area contributed by atoms with Gasteiger partial charge in [-0.25, -0.2) is 0 Å². The van der Waals surface area contributed by atoms with Gasteiger partial charge in [0.15, 0.2) is 0 Å². The monoisotopic (exact) mass is 337 g/mol. The Balaban J connectivity index is 1.24. The van der Waals surface area contributed by atoms with Crippen LogP contribution in [-0.2, 0) is 17.8 Å². The lowest BCUT2D eigenvalue weighted by Crippen LogP contribution is -2.39. The topological polar surface area (TPSA) is 38.1 Å². The lowest BCUT2D eigenvalue weighted by molar-refractivity contribution is -0.133. The van der Waals surface area contributed by atoms with Gasteiger partial charge in [-0.3, -0.25) is 9.48 Å². The van der Waals surface area contributed by atoms with Crippen LogP contribution in [0.1, 0.15) is 49.1 Å². The summed E-state index contributed by atoms with van der Waals surface area (Å²) < 4.78 is 2.01. The maximum absolute atomic E-state index is 12.7. The van der Waals surface area contributed by atoms with Crippen molar-refractivity contribution in [3.63, 3.8) is 0 Å². The smallest absolute Gasteiger partial charge is 0.223 e. The predicted octanol–water partition coefficient (Wildman–Crippen LogP) is 3.63. The number of amides is 1. The quantitative estimate of drug-likeness (QED) is 0.835. The Hall–Kier alpha value is -2.10. The van der Waals surface area contributed by atoms with E-state index >= 15 is 0 Å². The van der Waals surface area contributed by atoms with Crippen LogP contribution in [0.25, 0.3) is 0 Å². The Bertz CT molecular complexity index is 702. The van der Waals surface area contributed by atoms with Crippen LogP contribution in [0.5, 0.6) is 0 Å². The van der Waals surface area contributed by atoms with Gasteiger partial charge in [-0.05, 0) is 61.1 Å². The molecule has 1 aromatic carbocycles. The van der Waals surface area contributed by atoms with Gasteiger partial charge in [0, 0.05) is 38.4 Å². The van der Waals surface area contributed by atoms with Gasteiger partial charge in [0.25, 0.3) is 0 Å². The second-order valence-electron chi connectivity index (χ2n) is 7.52. The van der Waals surface area contributed by atoms with Gasteiger partial charge in [0.1, 0.15) is 0 Å². The lowest BCUT2D eigenvalue weighted by Gasteiger charge is -2.32. The summed E-state index contributed by atoms with van der Waals surface area (Å²) in [6.45, 7) is 2.85. The summed E-state index contributed by atoms with van der Waals surface area (Å²) in [6.07, 6.45) is 10.2. The molecule has 1 aliphatic carbocycles. The molecule has 0 N–H and O–H groups in total. The predicted molar refractivity (Wildman–Crippen MR) is 98.3 cm³/mol. The first kappa shape index (κ1) is 16.4. The summed E-state index contributed by atoms with van der Waals surface area (Å²) in [5.74, 6) is 1.51. The standard InChI is InChI=1S/C21H27N3O/c25-21(16-19-7-6-18-4-1-2-5-20(18)19)23-13-8-17(9-14-23)10-15-24-12-3-11-22-24/h1-5,11-12,17,19H,6-10,13-16H2/t19-/m0/s1. The maximum Gasteiger partial charge on any atom is 0.223 e. The number of hydrogen-bond acceptors (Lipinski definition) is 2. The number of rotatable bonds is 5. The Morgan fingerprint density at radius 1 is 1.12 bits per heavy atom. The van der Waals surface area contributed by atoms with Crippen LogP contribution in [0.2, 0.25) is 0 Å². The van der Waals surface area contributed by atoms with E-state index < -0.39 is 0 Å². The SMILES string of the molecule is O=C(C[C@@H]1CCc2ccccc21)N1CCC(CCn2cccn2)CC1. The minimum absolute atomic E-state index is 0.354. The molecule has 1 fully saturated rings. The highest BCUT2D eigenvalue weighted by atomic mass is 16.2. The van der Waals surface area contributed by atoms with E-state index in [1.54, 1.807) is 0 Å². The van der Waals surface area contributed by atoms with Gasteiger partial charge in [-0.2, -0.15) is 5.10 Å². The molecule has 0 spiro atoms. The Kier molecular flexibility index (Phi) is 4.86. The Labute approximate surface area is 149 Å². The summed E-state index contributed by atoms with van der Waals surface area (Å²) in [5.41, 5.74) is 2.85. The molecule has 1 saturated heterocycles. The fourth-order valence-electron chi connectivity index (χ4n) is 4.42. The fraction of sp³-hybridized carbons (Fsp3) is 0.524. The number of piperidine rings is 1.